The summed E-state index contributed by atoms with van der Waals surface area (Å²) in [6.07, 6.45) is 0.754. The largest absolute Gasteiger partial charge is 0.490 e. The Kier molecular flexibility index (Phi) is 6.64. The monoisotopic (exact) mass is 409 g/mol. The molecular formula is C21H24F3N2O3+. The second-order valence-electron chi connectivity index (χ2n) is 6.81. The van der Waals surface area contributed by atoms with Crippen molar-refractivity contribution < 1.29 is 32.3 Å². The third kappa shape index (κ3) is 4.82. The number of rotatable bonds is 7. The highest BCUT2D eigenvalue weighted by Crippen LogP contribution is 2.32. The van der Waals surface area contributed by atoms with E-state index in [2.05, 4.69) is 5.32 Å². The summed E-state index contributed by atoms with van der Waals surface area (Å²) in [6, 6.07) is 5.71. The maximum absolute atomic E-state index is 13.8. The highest BCUT2D eigenvalue weighted by atomic mass is 19.2. The first-order valence-electron chi connectivity index (χ1n) is 9.61. The van der Waals surface area contributed by atoms with E-state index in [1.54, 1.807) is 0 Å². The highest BCUT2D eigenvalue weighted by molar-refractivity contribution is 5.91. The second-order valence-corrected chi connectivity index (χ2v) is 6.81. The molecule has 1 amide bonds. The molecule has 0 saturated heterocycles. The fourth-order valence-corrected chi connectivity index (χ4v) is 3.44. The van der Waals surface area contributed by atoms with Gasteiger partial charge in [0.05, 0.1) is 25.4 Å². The Hall–Kier alpha value is -2.74. The molecule has 2 aromatic rings. The van der Waals surface area contributed by atoms with E-state index in [4.69, 9.17) is 9.47 Å². The number of carbonyl (C=O) groups is 1. The summed E-state index contributed by atoms with van der Waals surface area (Å²) in [6.45, 7) is 6.24. The number of quaternary nitrogens is 1. The first kappa shape index (κ1) is 21.0. The molecule has 0 radical (unpaired) electrons. The number of fused-ring (bicyclic) bond motifs is 1. The Morgan fingerprint density at radius 3 is 2.34 bits per heavy atom. The molecule has 1 unspecified atom stereocenters. The molecule has 2 aromatic carbocycles. The molecule has 156 valence electrons. The normalized spacial score (nSPS) is 15.6. The van der Waals surface area contributed by atoms with E-state index in [0.29, 0.717) is 37.8 Å². The number of carbonyl (C=O) groups excluding carboxylic acids is 1. The zero-order valence-electron chi connectivity index (χ0n) is 16.4. The van der Waals surface area contributed by atoms with Crippen LogP contribution in [-0.2, 0) is 17.8 Å². The molecule has 5 nitrogen and oxygen atoms in total. The van der Waals surface area contributed by atoms with Gasteiger partial charge in [-0.25, -0.2) is 13.2 Å². The maximum Gasteiger partial charge on any atom is 0.279 e. The minimum atomic E-state index is -1.60. The van der Waals surface area contributed by atoms with E-state index in [9.17, 15) is 18.0 Å². The number of ether oxygens (including phenoxy) is 2. The zero-order chi connectivity index (χ0) is 21.0. The lowest BCUT2D eigenvalue weighted by molar-refractivity contribution is -0.907. The second kappa shape index (κ2) is 9.17. The quantitative estimate of drug-likeness (QED) is 0.691. The number of amides is 1. The van der Waals surface area contributed by atoms with Gasteiger partial charge in [-0.3, -0.25) is 4.79 Å². The zero-order valence-corrected chi connectivity index (χ0v) is 16.4. The van der Waals surface area contributed by atoms with Gasteiger partial charge in [0.25, 0.3) is 5.91 Å². The molecule has 1 heterocycles. The fraction of sp³-hybridized carbons (Fsp3) is 0.381. The van der Waals surface area contributed by atoms with E-state index in [0.717, 1.165) is 34.6 Å². The van der Waals surface area contributed by atoms with Gasteiger partial charge in [0, 0.05) is 12.0 Å². The Morgan fingerprint density at radius 2 is 1.69 bits per heavy atom. The van der Waals surface area contributed by atoms with Crippen LogP contribution in [0, 0.1) is 17.5 Å². The molecule has 0 fully saturated rings. The smallest absolute Gasteiger partial charge is 0.279 e. The van der Waals surface area contributed by atoms with E-state index in [1.807, 2.05) is 26.0 Å². The van der Waals surface area contributed by atoms with E-state index in [1.165, 1.54) is 0 Å². The topological polar surface area (TPSA) is 52.0 Å². The van der Waals surface area contributed by atoms with Crippen LogP contribution in [0.4, 0.5) is 18.9 Å². The Bertz CT molecular complexity index is 905. The van der Waals surface area contributed by atoms with Crippen LogP contribution in [0.25, 0.3) is 0 Å². The number of halogens is 3. The molecule has 0 bridgehead atoms. The van der Waals surface area contributed by atoms with Crippen molar-refractivity contribution in [2.24, 2.45) is 0 Å². The molecule has 0 aromatic heterocycles. The van der Waals surface area contributed by atoms with Crippen LogP contribution in [0.2, 0.25) is 0 Å². The molecule has 0 aliphatic carbocycles. The average molecular weight is 409 g/mol. The summed E-state index contributed by atoms with van der Waals surface area (Å²) in [5.74, 6) is -3.39. The number of hydrogen-bond acceptors (Lipinski definition) is 3. The third-order valence-electron chi connectivity index (χ3n) is 4.77. The van der Waals surface area contributed by atoms with Crippen LogP contribution in [0.15, 0.2) is 24.3 Å². The Balaban J connectivity index is 1.68. The summed E-state index contributed by atoms with van der Waals surface area (Å²) in [5.41, 5.74) is 1.84. The summed E-state index contributed by atoms with van der Waals surface area (Å²) >= 11 is 0. The van der Waals surface area contributed by atoms with Crippen molar-refractivity contribution in [2.75, 3.05) is 31.6 Å². The average Bonchev–Trinajstić information content (AvgIpc) is 2.69. The first-order chi connectivity index (χ1) is 13.9. The fourth-order valence-electron chi connectivity index (χ4n) is 3.44. The van der Waals surface area contributed by atoms with Crippen molar-refractivity contribution in [2.45, 2.75) is 26.8 Å². The van der Waals surface area contributed by atoms with Crippen LogP contribution < -0.4 is 19.7 Å². The lowest BCUT2D eigenvalue weighted by Gasteiger charge is -2.26. The lowest BCUT2D eigenvalue weighted by Crippen LogP contribution is -3.12. The predicted octanol–water partition coefficient (Wildman–Crippen LogP) is 2.48. The molecule has 2 N–H and O–H groups in total. The van der Waals surface area contributed by atoms with Crippen molar-refractivity contribution in [1.82, 2.24) is 0 Å². The van der Waals surface area contributed by atoms with Crippen molar-refractivity contribution in [3.05, 3.63) is 52.8 Å². The van der Waals surface area contributed by atoms with Crippen LogP contribution >= 0.6 is 0 Å². The van der Waals surface area contributed by atoms with Gasteiger partial charge in [-0.15, -0.1) is 0 Å². The molecule has 0 saturated carbocycles. The van der Waals surface area contributed by atoms with Crippen LogP contribution in [0.3, 0.4) is 0 Å². The van der Waals surface area contributed by atoms with E-state index < -0.39 is 23.4 Å². The molecule has 8 heteroatoms. The standard InChI is InChI=1S/C21H23F3N2O3/c1-3-28-17-9-13-7-8-26(11-14(13)10-18(17)29-4-2)12-19(27)25-16-6-5-15(22)20(23)21(16)24/h5-6,9-10H,3-4,7-8,11-12H2,1-2H3,(H,25,27)/p+1. The summed E-state index contributed by atoms with van der Waals surface area (Å²) in [4.78, 5) is 13.3. The number of benzene rings is 2. The molecule has 29 heavy (non-hydrogen) atoms. The number of anilines is 1. The van der Waals surface area contributed by atoms with E-state index in [-0.39, 0.29) is 12.2 Å². The van der Waals surface area contributed by atoms with Crippen molar-refractivity contribution in [1.29, 1.82) is 0 Å². The maximum atomic E-state index is 13.8. The van der Waals surface area contributed by atoms with Crippen LogP contribution in [0.1, 0.15) is 25.0 Å². The minimum absolute atomic E-state index is 0.0784. The SMILES string of the molecule is CCOc1cc2c(cc1OCC)C[NH+](CC(=O)Nc1ccc(F)c(F)c1F)CC2. The van der Waals surface area contributed by atoms with E-state index >= 15 is 0 Å². The number of nitrogens with one attached hydrogen (secondary N) is 2. The predicted molar refractivity (Wildman–Crippen MR) is 102 cm³/mol. The van der Waals surface area contributed by atoms with Gasteiger partial charge in [0.2, 0.25) is 0 Å². The lowest BCUT2D eigenvalue weighted by atomic mass is 9.98. The highest BCUT2D eigenvalue weighted by Gasteiger charge is 2.25. The molecule has 1 aliphatic rings. The van der Waals surface area contributed by atoms with Gasteiger partial charge in [-0.1, -0.05) is 0 Å². The van der Waals surface area contributed by atoms with Crippen LogP contribution in [-0.4, -0.2) is 32.2 Å². The molecule has 1 atom stereocenters. The summed E-state index contributed by atoms with van der Waals surface area (Å²) < 4.78 is 51.4. The molecular weight excluding hydrogens is 385 g/mol. The van der Waals surface area contributed by atoms with Gasteiger partial charge in [0.1, 0.15) is 6.54 Å². The first-order valence-corrected chi connectivity index (χ1v) is 9.61. The van der Waals surface area contributed by atoms with Crippen molar-refractivity contribution in [3.63, 3.8) is 0 Å². The summed E-state index contributed by atoms with van der Waals surface area (Å²) in [7, 11) is 0. The number of hydrogen-bond donors (Lipinski definition) is 2. The minimum Gasteiger partial charge on any atom is -0.490 e. The van der Waals surface area contributed by atoms with Gasteiger partial charge < -0.3 is 19.7 Å². The Morgan fingerprint density at radius 1 is 1.03 bits per heavy atom. The van der Waals surface area contributed by atoms with Gasteiger partial charge in [-0.05, 0) is 43.7 Å². The van der Waals surface area contributed by atoms with Gasteiger partial charge >= 0.3 is 0 Å². The molecule has 0 spiro atoms. The van der Waals surface area contributed by atoms with Crippen molar-refractivity contribution in [3.8, 4) is 11.5 Å². The third-order valence-corrected chi connectivity index (χ3v) is 4.77. The van der Waals surface area contributed by atoms with Crippen LogP contribution in [0.5, 0.6) is 11.5 Å². The Labute approximate surface area is 167 Å². The van der Waals surface area contributed by atoms with Gasteiger partial charge in [-0.2, -0.15) is 0 Å². The van der Waals surface area contributed by atoms with Gasteiger partial charge in [0.15, 0.2) is 35.5 Å². The van der Waals surface area contributed by atoms with Crippen molar-refractivity contribution >= 4 is 11.6 Å². The molecule has 3 rings (SSSR count). The summed E-state index contributed by atoms with van der Waals surface area (Å²) in [5, 5.41) is 2.32. The molecule has 1 aliphatic heterocycles.